The van der Waals surface area contributed by atoms with Crippen LogP contribution in [-0.4, -0.2) is 4.93 Å². The monoisotopic (exact) mass is 350 g/mol. The Bertz CT molecular complexity index is 540. The zero-order valence-corrected chi connectivity index (χ0v) is 13.1. The second-order valence-electron chi connectivity index (χ2n) is 5.11. The van der Waals surface area contributed by atoms with Crippen LogP contribution in [0, 0.1) is 0 Å². The first-order valence-electron chi connectivity index (χ1n) is 6.15. The van der Waals surface area contributed by atoms with E-state index in [1.807, 2.05) is 0 Å². The van der Waals surface area contributed by atoms with Crippen molar-refractivity contribution >= 4 is 11.4 Å². The molecule has 2 aromatic rings. The van der Waals surface area contributed by atoms with Crippen LogP contribution in [0.2, 0.25) is 0 Å². The number of anilines is 2. The summed E-state index contributed by atoms with van der Waals surface area (Å²) in [6.07, 6.45) is 0. The van der Waals surface area contributed by atoms with Gasteiger partial charge in [-0.25, -0.2) is 0 Å². The van der Waals surface area contributed by atoms with Gasteiger partial charge in [-0.15, -0.1) is 0 Å². The molecule has 3 rings (SSSR count). The van der Waals surface area contributed by atoms with E-state index in [2.05, 4.69) is 70.4 Å². The van der Waals surface area contributed by atoms with Crippen LogP contribution < -0.4 is 24.6 Å². The van der Waals surface area contributed by atoms with Crippen molar-refractivity contribution < 1.29 is 21.5 Å². The number of benzene rings is 2. The van der Waals surface area contributed by atoms with Crippen molar-refractivity contribution in [2.24, 2.45) is 0 Å². The van der Waals surface area contributed by atoms with E-state index < -0.39 is 0 Å². The van der Waals surface area contributed by atoms with Crippen molar-refractivity contribution in [3.8, 4) is 0 Å². The van der Waals surface area contributed by atoms with E-state index in [0.717, 1.165) is 0 Å². The quantitative estimate of drug-likeness (QED) is 0.423. The van der Waals surface area contributed by atoms with Gasteiger partial charge < -0.3 is 0 Å². The molecule has 1 aliphatic heterocycles. The van der Waals surface area contributed by atoms with Crippen molar-refractivity contribution in [3.05, 3.63) is 59.7 Å². The number of rotatable bonds is 1. The van der Waals surface area contributed by atoms with Crippen LogP contribution in [-0.2, 0) is 5.41 Å². The molecule has 0 atom stereocenters. The number of hydrogen-bond acceptors (Lipinski definition) is 1. The summed E-state index contributed by atoms with van der Waals surface area (Å²) >= 11 is -0.000593. The van der Waals surface area contributed by atoms with Crippen LogP contribution in [0.25, 0.3) is 0 Å². The molecule has 0 fully saturated rings. The molecule has 2 heteroatoms. The summed E-state index contributed by atoms with van der Waals surface area (Å²) in [6.45, 7) is 4.66. The maximum absolute atomic E-state index is 2.52. The summed E-state index contributed by atoms with van der Waals surface area (Å²) in [7, 11) is 0. The van der Waals surface area contributed by atoms with Gasteiger partial charge in [0, 0.05) is 0 Å². The molecule has 1 heterocycles. The van der Waals surface area contributed by atoms with Crippen LogP contribution in [0.5, 0.6) is 0 Å². The van der Waals surface area contributed by atoms with Crippen molar-refractivity contribution in [1.82, 2.24) is 0 Å². The summed E-state index contributed by atoms with van der Waals surface area (Å²) in [5, 5.41) is 0. The Balaban J connectivity index is 2.33. The molecule has 1 aliphatic rings. The Hall–Kier alpha value is -1.03. The number of fused-ring (bicyclic) bond motifs is 2. The fourth-order valence-corrected chi connectivity index (χ4v) is 4.68. The molecule has 0 unspecified atom stereocenters. The standard InChI is InChI=1S/C16H17IN/c1-16(2)12-8-4-6-10-14(12)18(17-3)15-11-7-5-9-13(15)16/h4-11H,1-3H3/q-1. The Kier molecular flexibility index (Phi) is 2.85. The molecule has 0 bridgehead atoms. The minimum absolute atomic E-state index is 0.000593. The Morgan fingerprint density at radius 2 is 1.28 bits per heavy atom. The molecule has 0 saturated heterocycles. The van der Waals surface area contributed by atoms with Crippen molar-refractivity contribution in [2.75, 3.05) is 8.04 Å². The van der Waals surface area contributed by atoms with E-state index in [1.165, 1.54) is 22.5 Å². The molecule has 94 valence electrons. The molecular formula is C16H17IN-. The van der Waals surface area contributed by atoms with Gasteiger partial charge in [0.05, 0.1) is 0 Å². The number of halogens is 1. The predicted molar refractivity (Wildman–Crippen MR) is 73.1 cm³/mol. The fraction of sp³-hybridized carbons (Fsp3) is 0.250. The first-order valence-corrected chi connectivity index (χ1v) is 9.27. The van der Waals surface area contributed by atoms with Gasteiger partial charge in [0.25, 0.3) is 0 Å². The van der Waals surface area contributed by atoms with Crippen LogP contribution in [0.15, 0.2) is 48.5 Å². The average molecular weight is 350 g/mol. The van der Waals surface area contributed by atoms with E-state index in [4.69, 9.17) is 0 Å². The third kappa shape index (κ3) is 1.58. The van der Waals surface area contributed by atoms with Crippen molar-refractivity contribution in [3.63, 3.8) is 0 Å². The fourth-order valence-electron chi connectivity index (χ4n) is 2.80. The SMILES string of the molecule is C[I-]N1c2ccccc2C(C)(C)c2ccccc21. The molecule has 1 nitrogen and oxygen atoms in total. The molecule has 0 aliphatic carbocycles. The summed E-state index contributed by atoms with van der Waals surface area (Å²) in [4.78, 5) is 2.32. The van der Waals surface area contributed by atoms with Gasteiger partial charge in [-0.05, 0) is 0 Å². The molecule has 18 heavy (non-hydrogen) atoms. The third-order valence-electron chi connectivity index (χ3n) is 3.75. The molecule has 0 spiro atoms. The molecule has 2 aromatic carbocycles. The van der Waals surface area contributed by atoms with Gasteiger partial charge in [-0.3, -0.25) is 0 Å². The zero-order valence-electron chi connectivity index (χ0n) is 10.9. The van der Waals surface area contributed by atoms with Gasteiger partial charge in [0.1, 0.15) is 0 Å². The second kappa shape index (κ2) is 4.26. The topological polar surface area (TPSA) is 3.24 Å². The van der Waals surface area contributed by atoms with Crippen LogP contribution in [0.4, 0.5) is 11.4 Å². The van der Waals surface area contributed by atoms with E-state index >= 15 is 0 Å². The molecular weight excluding hydrogens is 333 g/mol. The van der Waals surface area contributed by atoms with Crippen LogP contribution in [0.3, 0.4) is 0 Å². The third-order valence-corrected chi connectivity index (χ3v) is 5.75. The van der Waals surface area contributed by atoms with Gasteiger partial charge >= 0.3 is 120 Å². The first-order chi connectivity index (χ1) is 8.66. The van der Waals surface area contributed by atoms with Gasteiger partial charge in [0.15, 0.2) is 0 Å². The van der Waals surface area contributed by atoms with E-state index in [1.54, 1.807) is 0 Å². The number of nitrogens with zero attached hydrogens (tertiary/aromatic N) is 1. The van der Waals surface area contributed by atoms with Crippen molar-refractivity contribution in [2.45, 2.75) is 19.3 Å². The summed E-state index contributed by atoms with van der Waals surface area (Å²) in [5.41, 5.74) is 5.80. The molecule has 0 amide bonds. The maximum atomic E-state index is 2.52. The molecule has 0 aromatic heterocycles. The number of alkyl halides is 1. The second-order valence-corrected chi connectivity index (χ2v) is 7.04. The number of hydrogen-bond donors (Lipinski definition) is 0. The van der Waals surface area contributed by atoms with E-state index in [9.17, 15) is 0 Å². The van der Waals surface area contributed by atoms with Crippen molar-refractivity contribution in [1.29, 1.82) is 0 Å². The summed E-state index contributed by atoms with van der Waals surface area (Å²) < 4.78 is 2.52. The van der Waals surface area contributed by atoms with Gasteiger partial charge in [-0.1, -0.05) is 0 Å². The summed E-state index contributed by atoms with van der Waals surface area (Å²) in [6, 6.07) is 17.7. The van der Waals surface area contributed by atoms with Gasteiger partial charge in [-0.2, -0.15) is 0 Å². The first kappa shape index (κ1) is 12.0. The molecule has 0 N–H and O–H groups in total. The zero-order chi connectivity index (χ0) is 12.8. The Labute approximate surface area is 119 Å². The van der Waals surface area contributed by atoms with E-state index in [-0.39, 0.29) is 26.9 Å². The average Bonchev–Trinajstić information content (AvgIpc) is 2.40. The minimum atomic E-state index is -0.000593. The normalized spacial score (nSPS) is 16.3. The summed E-state index contributed by atoms with van der Waals surface area (Å²) in [5.74, 6) is 0. The molecule has 0 saturated carbocycles. The predicted octanol–water partition coefficient (Wildman–Crippen LogP) is 1.10. The van der Waals surface area contributed by atoms with Crippen LogP contribution in [0.1, 0.15) is 25.0 Å². The van der Waals surface area contributed by atoms with E-state index in [0.29, 0.717) is 0 Å². The Morgan fingerprint density at radius 3 is 1.72 bits per heavy atom. The Morgan fingerprint density at radius 1 is 0.833 bits per heavy atom. The van der Waals surface area contributed by atoms with Gasteiger partial charge in [0.2, 0.25) is 0 Å². The number of para-hydroxylation sites is 2. The molecule has 0 radical (unpaired) electrons. The van der Waals surface area contributed by atoms with Crippen LogP contribution >= 0.6 is 0 Å².